The molecule has 1 amide bonds. The number of hydrogen-bond acceptors (Lipinski definition) is 7. The van der Waals surface area contributed by atoms with E-state index in [0.717, 1.165) is 51.9 Å². The van der Waals surface area contributed by atoms with Crippen LogP contribution in [0.1, 0.15) is 25.7 Å². The Morgan fingerprint density at radius 2 is 2.22 bits per heavy atom. The number of carbonyl (C=O) groups is 1. The molecule has 10 heteroatoms. The lowest BCUT2D eigenvalue weighted by molar-refractivity contribution is -0.119. The molecule has 4 rings (SSSR count). The van der Waals surface area contributed by atoms with Gasteiger partial charge in [0.1, 0.15) is 5.50 Å². The number of rotatable bonds is 5. The Balaban J connectivity index is 1.47. The number of thioether (sulfide) groups is 1. The third kappa shape index (κ3) is 4.23. The first-order valence-corrected chi connectivity index (χ1v) is 11.6. The molecular weight excluding hydrogens is 409 g/mol. The lowest BCUT2D eigenvalue weighted by Crippen LogP contribution is -2.54. The third-order valence-electron chi connectivity index (χ3n) is 6.67. The molecule has 3 heterocycles. The topological polar surface area (TPSA) is 93.9 Å². The Morgan fingerprint density at radius 1 is 1.41 bits per heavy atom. The van der Waals surface area contributed by atoms with Crippen LogP contribution >= 0.6 is 35.0 Å². The van der Waals surface area contributed by atoms with Crippen molar-refractivity contribution in [2.45, 2.75) is 53.7 Å². The van der Waals surface area contributed by atoms with E-state index in [9.17, 15) is 9.90 Å². The molecule has 7 atom stereocenters. The summed E-state index contributed by atoms with van der Waals surface area (Å²) in [5.41, 5.74) is 5.44. The number of carbonyl (C=O) groups excluding carboxylic acids is 1. The zero-order valence-electron chi connectivity index (χ0n) is 15.3. The maximum Gasteiger partial charge on any atom is 0.231 e. The number of halogens is 2. The largest absolute Gasteiger partial charge is 0.369 e. The van der Waals surface area contributed by atoms with Gasteiger partial charge in [0.25, 0.3) is 0 Å². The van der Waals surface area contributed by atoms with Gasteiger partial charge < -0.3 is 10.8 Å². The summed E-state index contributed by atoms with van der Waals surface area (Å²) in [7, 11) is 0. The second kappa shape index (κ2) is 8.14. The maximum atomic E-state index is 11.4. The van der Waals surface area contributed by atoms with Gasteiger partial charge in [0.05, 0.1) is 11.3 Å². The van der Waals surface area contributed by atoms with E-state index in [1.165, 1.54) is 0 Å². The van der Waals surface area contributed by atoms with Crippen LogP contribution < -0.4 is 16.4 Å². The standard InChI is InChI=1S/C17H29Cl2N5O2S/c18-10-1-2-12-11(5-10)17(3-4-23(8-17)7-14(20)25)9-24(12)16(26)22-15-21-6-13(19)27-15/h10-13,15-16,21-22,26H,1-9H2,(H2,20,25). The Hall–Kier alpha value is 0.200. The summed E-state index contributed by atoms with van der Waals surface area (Å²) in [6, 6.07) is 0.314. The normalized spacial score (nSPS) is 44.0. The van der Waals surface area contributed by atoms with E-state index >= 15 is 0 Å². The highest BCUT2D eigenvalue weighted by atomic mass is 35.5. The molecule has 7 nitrogen and oxygen atoms in total. The molecule has 0 aromatic carbocycles. The Bertz CT molecular complexity index is 575. The van der Waals surface area contributed by atoms with Crippen LogP contribution in [0.2, 0.25) is 0 Å². The smallest absolute Gasteiger partial charge is 0.231 e. The van der Waals surface area contributed by atoms with Crippen molar-refractivity contribution in [3.8, 4) is 0 Å². The van der Waals surface area contributed by atoms with Crippen molar-refractivity contribution < 1.29 is 9.90 Å². The Morgan fingerprint density at radius 3 is 2.93 bits per heavy atom. The first-order valence-electron chi connectivity index (χ1n) is 9.74. The van der Waals surface area contributed by atoms with Crippen molar-refractivity contribution in [1.29, 1.82) is 0 Å². The van der Waals surface area contributed by atoms with Crippen molar-refractivity contribution in [2.24, 2.45) is 17.1 Å². The quantitative estimate of drug-likeness (QED) is 0.363. The predicted octanol–water partition coefficient (Wildman–Crippen LogP) is 0.306. The van der Waals surface area contributed by atoms with Crippen LogP contribution in [-0.4, -0.2) is 81.5 Å². The van der Waals surface area contributed by atoms with Crippen LogP contribution in [0.15, 0.2) is 0 Å². The fourth-order valence-corrected chi connectivity index (χ4v) is 7.16. The monoisotopic (exact) mass is 437 g/mol. The molecule has 3 saturated heterocycles. The van der Waals surface area contributed by atoms with Gasteiger partial charge in [0.15, 0.2) is 6.35 Å². The van der Waals surface area contributed by atoms with Gasteiger partial charge in [0, 0.05) is 36.5 Å². The molecule has 0 bridgehead atoms. The molecule has 1 aliphatic carbocycles. The number of primary amides is 1. The molecule has 0 radical (unpaired) electrons. The molecule has 5 N–H and O–H groups in total. The first kappa shape index (κ1) is 20.5. The lowest BCUT2D eigenvalue weighted by Gasteiger charge is -2.39. The molecule has 3 aliphatic heterocycles. The van der Waals surface area contributed by atoms with Crippen LogP contribution in [0.5, 0.6) is 0 Å². The van der Waals surface area contributed by atoms with E-state index < -0.39 is 6.35 Å². The van der Waals surface area contributed by atoms with Crippen molar-refractivity contribution in [3.05, 3.63) is 0 Å². The molecule has 7 unspecified atom stereocenters. The highest BCUT2D eigenvalue weighted by molar-refractivity contribution is 8.01. The van der Waals surface area contributed by atoms with E-state index in [2.05, 4.69) is 20.4 Å². The van der Waals surface area contributed by atoms with Crippen LogP contribution in [0.3, 0.4) is 0 Å². The SMILES string of the molecule is NC(=O)CN1CCC2(C1)CN(C(O)NC1NCC(Cl)S1)C1CCC(Cl)CC12. The van der Waals surface area contributed by atoms with Crippen molar-refractivity contribution >= 4 is 40.9 Å². The minimum Gasteiger partial charge on any atom is -0.369 e. The average molecular weight is 438 g/mol. The Labute approximate surface area is 174 Å². The molecule has 1 saturated carbocycles. The summed E-state index contributed by atoms with van der Waals surface area (Å²) in [4.78, 5) is 15.7. The van der Waals surface area contributed by atoms with Crippen molar-refractivity contribution in [2.75, 3.05) is 32.7 Å². The molecule has 0 aromatic rings. The first-order chi connectivity index (χ1) is 12.9. The average Bonchev–Trinajstić information content (AvgIpc) is 3.27. The summed E-state index contributed by atoms with van der Waals surface area (Å²) >= 11 is 14.3. The number of aliphatic hydroxyl groups excluding tert-OH is 1. The van der Waals surface area contributed by atoms with Gasteiger partial charge in [-0.3, -0.25) is 25.2 Å². The summed E-state index contributed by atoms with van der Waals surface area (Å²) in [6.45, 7) is 3.58. The second-order valence-electron chi connectivity index (χ2n) is 8.42. The summed E-state index contributed by atoms with van der Waals surface area (Å²) in [5, 5.41) is 17.7. The van der Waals surface area contributed by atoms with Gasteiger partial charge in [-0.25, -0.2) is 0 Å². The number of amides is 1. The lowest BCUT2D eigenvalue weighted by atomic mass is 9.69. The molecular formula is C17H29Cl2N5O2S. The van der Waals surface area contributed by atoms with Crippen molar-refractivity contribution in [1.82, 2.24) is 20.4 Å². The second-order valence-corrected chi connectivity index (χ2v) is 11.1. The molecule has 27 heavy (non-hydrogen) atoms. The summed E-state index contributed by atoms with van der Waals surface area (Å²) < 4.78 is 0.0243. The molecule has 1 spiro atoms. The molecule has 4 fully saturated rings. The highest BCUT2D eigenvalue weighted by Gasteiger charge is 2.57. The van der Waals surface area contributed by atoms with Crippen LogP contribution in [0.4, 0.5) is 0 Å². The van der Waals surface area contributed by atoms with Crippen LogP contribution in [0.25, 0.3) is 0 Å². The summed E-state index contributed by atoms with van der Waals surface area (Å²) in [5.74, 6) is 0.159. The number of hydrogen-bond donors (Lipinski definition) is 4. The van der Waals surface area contributed by atoms with Gasteiger partial charge in [0.2, 0.25) is 5.91 Å². The van der Waals surface area contributed by atoms with E-state index in [-0.39, 0.29) is 26.9 Å². The number of likely N-dealkylation sites (tertiary alicyclic amines) is 2. The third-order valence-corrected chi connectivity index (χ3v) is 8.56. The van der Waals surface area contributed by atoms with Gasteiger partial charge >= 0.3 is 0 Å². The number of aliphatic hydroxyl groups is 1. The van der Waals surface area contributed by atoms with Crippen molar-refractivity contribution in [3.63, 3.8) is 0 Å². The number of alkyl halides is 2. The van der Waals surface area contributed by atoms with E-state index in [0.29, 0.717) is 18.5 Å². The van der Waals surface area contributed by atoms with Gasteiger partial charge in [-0.05, 0) is 38.1 Å². The fraction of sp³-hybridized carbons (Fsp3) is 0.941. The number of nitrogens with one attached hydrogen (secondary N) is 2. The zero-order valence-corrected chi connectivity index (χ0v) is 17.6. The van der Waals surface area contributed by atoms with E-state index in [4.69, 9.17) is 28.9 Å². The van der Waals surface area contributed by atoms with E-state index in [1.807, 2.05) is 0 Å². The predicted molar refractivity (Wildman–Crippen MR) is 108 cm³/mol. The molecule has 4 aliphatic rings. The fourth-order valence-electron chi connectivity index (χ4n) is 5.57. The highest BCUT2D eigenvalue weighted by Crippen LogP contribution is 2.53. The summed E-state index contributed by atoms with van der Waals surface area (Å²) in [6.07, 6.45) is 3.25. The number of fused-ring (bicyclic) bond motifs is 2. The molecule has 0 aromatic heterocycles. The van der Waals surface area contributed by atoms with Gasteiger partial charge in [-0.15, -0.1) is 35.0 Å². The minimum atomic E-state index is -0.721. The molecule has 154 valence electrons. The minimum absolute atomic E-state index is 0.0243. The maximum absolute atomic E-state index is 11.4. The number of nitrogens with zero attached hydrogens (tertiary/aromatic N) is 2. The van der Waals surface area contributed by atoms with E-state index in [1.54, 1.807) is 11.8 Å². The van der Waals surface area contributed by atoms with Crippen LogP contribution in [-0.2, 0) is 4.79 Å². The van der Waals surface area contributed by atoms with Gasteiger partial charge in [-0.1, -0.05) is 0 Å². The van der Waals surface area contributed by atoms with Gasteiger partial charge in [-0.2, -0.15) is 0 Å². The van der Waals surface area contributed by atoms with Crippen LogP contribution in [0, 0.1) is 11.3 Å². The Kier molecular flexibility index (Phi) is 6.17. The zero-order chi connectivity index (χ0) is 19.2. The number of nitrogens with two attached hydrogens (primary N) is 1.